The summed E-state index contributed by atoms with van der Waals surface area (Å²) in [5.74, 6) is 2.46. The second kappa shape index (κ2) is 36.6. The van der Waals surface area contributed by atoms with Crippen molar-refractivity contribution in [2.24, 2.45) is 0 Å². The predicted molar refractivity (Wildman–Crippen MR) is 447 cm³/mol. The van der Waals surface area contributed by atoms with Gasteiger partial charge < -0.3 is 51.4 Å². The second-order valence-corrected chi connectivity index (χ2v) is 26.8. The molecule has 4 heterocycles. The first-order valence-electron chi connectivity index (χ1n) is 35.7. The molecule has 0 spiro atoms. The number of aromatic amines is 4. The number of amides is 4. The Bertz CT molecular complexity index is 5850. The van der Waals surface area contributed by atoms with Crippen molar-refractivity contribution in [3.63, 3.8) is 0 Å². The number of nitrogens with one attached hydrogen (secondary N) is 8. The van der Waals surface area contributed by atoms with Crippen molar-refractivity contribution in [3.8, 4) is 90.6 Å². The van der Waals surface area contributed by atoms with E-state index in [0.29, 0.717) is 55.0 Å². The maximum absolute atomic E-state index is 12.5. The molecule has 0 saturated heterocycles. The molecule has 0 radical (unpaired) electrons. The normalized spacial score (nSPS) is 10.6. The van der Waals surface area contributed by atoms with Crippen LogP contribution in [-0.2, 0) is 13.2 Å². The maximum atomic E-state index is 12.5. The number of hydrogen-bond acceptors (Lipinski definition) is 10. The lowest BCUT2D eigenvalue weighted by atomic mass is 10.1. The molecule has 4 amide bonds. The number of carbonyl (C=O) groups is 4. The van der Waals surface area contributed by atoms with Gasteiger partial charge in [-0.3, -0.25) is 19.2 Å². The molecule has 0 fully saturated rings. The minimum Gasteiger partial charge on any atom is -0.392 e. The van der Waals surface area contributed by atoms with Crippen LogP contribution in [0.2, 0.25) is 10.0 Å². The summed E-state index contributed by atoms with van der Waals surface area (Å²) >= 11 is 11.7. The number of aryl methyl sites for hydroxylation is 2. The van der Waals surface area contributed by atoms with Crippen molar-refractivity contribution in [1.29, 1.82) is 0 Å². The summed E-state index contributed by atoms with van der Waals surface area (Å²) in [5.41, 5.74) is 20.3. The maximum Gasteiger partial charge on any atom is 0.255 e. The fourth-order valence-electron chi connectivity index (χ4n) is 11.7. The number of aliphatic hydroxyl groups is 2. The highest BCUT2D eigenvalue weighted by Crippen LogP contribution is 2.31. The van der Waals surface area contributed by atoms with Crippen molar-refractivity contribution in [1.82, 2.24) is 39.9 Å². The number of rotatable bonds is 18. The molecular weight excluding hydrogens is 1440 g/mol. The van der Waals surface area contributed by atoms with E-state index in [1.807, 2.05) is 182 Å². The molecule has 16 aromatic rings. The van der Waals surface area contributed by atoms with Crippen LogP contribution in [0.15, 0.2) is 328 Å². The Morgan fingerprint density at radius 3 is 0.768 bits per heavy atom. The van der Waals surface area contributed by atoms with Gasteiger partial charge in [0.05, 0.1) is 60.8 Å². The van der Waals surface area contributed by atoms with Gasteiger partial charge in [-0.25, -0.2) is 19.9 Å². The molecule has 4 aromatic heterocycles. The minimum atomic E-state index is -0.198. The molecule has 0 saturated carbocycles. The second-order valence-electron chi connectivity index (χ2n) is 25.9. The number of aliphatic hydroxyl groups excluding tert-OH is 2. The van der Waals surface area contributed by atoms with Gasteiger partial charge >= 0.3 is 0 Å². The van der Waals surface area contributed by atoms with Gasteiger partial charge in [-0.15, -0.1) is 0 Å². The molecule has 552 valence electrons. The SMILES string of the molecule is Cc1ccc(-c2ncc(-c3cccc(NC(=O)c4ccc(CO)cc4)c3)[nH]2)cc1.Cc1ccc(-c2ncc(-c3cccc(NC(=O)c4ccc(Cl)cc4)c3)[nH]2)cc1.O=C(Nc1cccc(-c2cnc(-c3ccccc3)[nH]2)c1)c1ccc(CO)cc1.O=C(Nc1cccc(-c2cnc(-c3ccccc3)[nH]2)c1)c1ccc(Cl)cc1. The van der Waals surface area contributed by atoms with E-state index in [0.717, 1.165) is 102 Å². The van der Waals surface area contributed by atoms with Gasteiger partial charge in [0.1, 0.15) is 23.3 Å². The Kier molecular flexibility index (Phi) is 24.9. The van der Waals surface area contributed by atoms with Gasteiger partial charge in [-0.1, -0.05) is 216 Å². The van der Waals surface area contributed by atoms with Crippen LogP contribution in [0.5, 0.6) is 0 Å². The largest absolute Gasteiger partial charge is 0.392 e. The van der Waals surface area contributed by atoms with E-state index in [1.165, 1.54) is 11.1 Å². The van der Waals surface area contributed by atoms with Crippen molar-refractivity contribution < 1.29 is 29.4 Å². The average Bonchev–Trinajstić information content (AvgIpc) is 1.68. The summed E-state index contributed by atoms with van der Waals surface area (Å²) in [6.45, 7) is 4.02. The third-order valence-electron chi connectivity index (χ3n) is 17.8. The van der Waals surface area contributed by atoms with E-state index >= 15 is 0 Å². The first-order valence-corrected chi connectivity index (χ1v) is 36.4. The van der Waals surface area contributed by atoms with E-state index in [-0.39, 0.29) is 36.8 Å². The monoisotopic (exact) mass is 1510 g/mol. The van der Waals surface area contributed by atoms with Gasteiger partial charge in [-0.2, -0.15) is 0 Å². The van der Waals surface area contributed by atoms with Crippen LogP contribution >= 0.6 is 23.2 Å². The standard InChI is InChI=1S/C24H21N3O2.C23H18ClN3O.C23H19N3O2.C22H16ClN3O/c1-16-5-9-18(10-6-16)23-25-14-22(27-23)20-3-2-4-21(13-20)26-24(29)19-11-7-17(15-28)8-12-19;1-15-5-7-16(8-6-15)22-25-14-21(27-22)18-3-2-4-20(13-18)26-23(28)17-9-11-19(24)12-10-17;27-15-16-9-11-18(12-10-16)23(28)25-20-8-4-7-19(13-20)21-14-24-22(26-21)17-5-2-1-3-6-17;23-18-11-9-16(10-12-18)22(27)25-19-8-4-7-17(13-19)20-14-24-21(26-20)15-5-2-1-3-6-15/h2-14,28H,15H2,1H3,(H,25,27)(H,26,29);2-14H,1H3,(H,25,27)(H,26,28);1-14,27H,15H2,(H,24,26)(H,25,28);1-14H,(H,24,26)(H,25,27). The fraction of sp³-hybridized carbons (Fsp3) is 0.0435. The Morgan fingerprint density at radius 2 is 0.518 bits per heavy atom. The summed E-state index contributed by atoms with van der Waals surface area (Å²) in [6, 6.07) is 94.1. The van der Waals surface area contributed by atoms with Gasteiger partial charge in [-0.05, 0) is 146 Å². The summed E-state index contributed by atoms with van der Waals surface area (Å²) in [5, 5.41) is 31.1. The van der Waals surface area contributed by atoms with Gasteiger partial charge in [0.2, 0.25) is 0 Å². The summed E-state index contributed by atoms with van der Waals surface area (Å²) < 4.78 is 0. The van der Waals surface area contributed by atoms with Crippen molar-refractivity contribution in [2.75, 3.05) is 21.3 Å². The predicted octanol–water partition coefficient (Wildman–Crippen LogP) is 20.9. The molecule has 10 N–H and O–H groups in total. The Balaban J connectivity index is 0.000000131. The highest BCUT2D eigenvalue weighted by molar-refractivity contribution is 6.31. The zero-order valence-electron chi connectivity index (χ0n) is 60.7. The molecule has 0 bridgehead atoms. The molecular formula is C92H74Cl2N12O6. The van der Waals surface area contributed by atoms with Crippen LogP contribution in [0.4, 0.5) is 22.7 Å². The van der Waals surface area contributed by atoms with E-state index in [1.54, 1.807) is 122 Å². The molecule has 16 rings (SSSR count). The molecule has 0 atom stereocenters. The number of hydrogen-bond donors (Lipinski definition) is 10. The van der Waals surface area contributed by atoms with Crippen LogP contribution in [0.1, 0.15) is 63.7 Å². The zero-order chi connectivity index (χ0) is 77.7. The molecule has 18 nitrogen and oxygen atoms in total. The highest BCUT2D eigenvalue weighted by Gasteiger charge is 2.16. The third kappa shape index (κ3) is 20.4. The Labute approximate surface area is 656 Å². The van der Waals surface area contributed by atoms with Crippen LogP contribution in [0, 0.1) is 13.8 Å². The number of nitrogens with zero attached hydrogens (tertiary/aromatic N) is 4. The number of H-pyrrole nitrogens is 4. The van der Waals surface area contributed by atoms with Crippen LogP contribution in [-0.4, -0.2) is 73.7 Å². The average molecular weight is 1510 g/mol. The van der Waals surface area contributed by atoms with Crippen LogP contribution in [0.3, 0.4) is 0 Å². The number of aromatic nitrogens is 8. The van der Waals surface area contributed by atoms with E-state index in [2.05, 4.69) is 99.3 Å². The lowest BCUT2D eigenvalue weighted by Crippen LogP contribution is -2.11. The number of carbonyl (C=O) groups excluding carboxylic acids is 4. The smallest absolute Gasteiger partial charge is 0.255 e. The molecule has 0 unspecified atom stereocenters. The van der Waals surface area contributed by atoms with Gasteiger partial charge in [0.15, 0.2) is 0 Å². The zero-order valence-corrected chi connectivity index (χ0v) is 62.2. The van der Waals surface area contributed by atoms with Crippen LogP contribution in [0.25, 0.3) is 90.6 Å². The lowest BCUT2D eigenvalue weighted by molar-refractivity contribution is 0.101. The van der Waals surface area contributed by atoms with E-state index in [9.17, 15) is 19.2 Å². The third-order valence-corrected chi connectivity index (χ3v) is 18.3. The Hall–Kier alpha value is -14.1. The van der Waals surface area contributed by atoms with Crippen molar-refractivity contribution in [3.05, 3.63) is 383 Å². The molecule has 0 aliphatic rings. The van der Waals surface area contributed by atoms with E-state index in [4.69, 9.17) is 33.4 Å². The minimum absolute atomic E-state index is 0.0426. The number of imidazole rings is 4. The van der Waals surface area contributed by atoms with Crippen molar-refractivity contribution >= 4 is 69.6 Å². The topological polar surface area (TPSA) is 272 Å². The summed E-state index contributed by atoms with van der Waals surface area (Å²) in [4.78, 5) is 81.0. The number of benzene rings is 12. The summed E-state index contributed by atoms with van der Waals surface area (Å²) in [6.07, 6.45) is 7.18. The molecule has 20 heteroatoms. The van der Waals surface area contributed by atoms with Crippen LogP contribution < -0.4 is 21.3 Å². The molecule has 12 aromatic carbocycles. The first kappa shape index (κ1) is 76.1. The lowest BCUT2D eigenvalue weighted by Gasteiger charge is -2.07. The fourth-order valence-corrected chi connectivity index (χ4v) is 11.9. The Morgan fingerprint density at radius 1 is 0.286 bits per heavy atom. The molecule has 0 aliphatic heterocycles. The van der Waals surface area contributed by atoms with E-state index < -0.39 is 0 Å². The molecule has 112 heavy (non-hydrogen) atoms. The first-order chi connectivity index (χ1) is 54.6. The number of halogens is 2. The summed E-state index contributed by atoms with van der Waals surface area (Å²) in [7, 11) is 0. The highest BCUT2D eigenvalue weighted by atomic mass is 35.5. The molecule has 0 aliphatic carbocycles. The van der Waals surface area contributed by atoms with Gasteiger partial charge in [0, 0.05) is 99.6 Å². The number of anilines is 4. The van der Waals surface area contributed by atoms with Crippen molar-refractivity contribution in [2.45, 2.75) is 27.1 Å². The van der Waals surface area contributed by atoms with Gasteiger partial charge in [0.25, 0.3) is 23.6 Å². The quantitative estimate of drug-likeness (QED) is 0.0388.